The zero-order valence-electron chi connectivity index (χ0n) is 7.75. The molecule has 0 atom stereocenters. The van der Waals surface area contributed by atoms with Crippen LogP contribution < -0.4 is 0 Å². The van der Waals surface area contributed by atoms with Crippen molar-refractivity contribution in [1.82, 2.24) is 0 Å². The fraction of sp³-hybridized carbons (Fsp3) is 0.222. The van der Waals surface area contributed by atoms with Crippen molar-refractivity contribution in [3.63, 3.8) is 0 Å². The summed E-state index contributed by atoms with van der Waals surface area (Å²) >= 11 is 11.6. The molecule has 0 aliphatic heterocycles. The first-order valence-electron chi connectivity index (χ1n) is 3.78. The van der Waals surface area contributed by atoms with Crippen LogP contribution in [-0.4, -0.2) is 20.3 Å². The number of nitrogens with zero attached hydrogens (tertiary/aromatic N) is 1. The van der Waals surface area contributed by atoms with Crippen LogP contribution in [0.3, 0.4) is 0 Å². The third-order valence-electron chi connectivity index (χ3n) is 1.42. The van der Waals surface area contributed by atoms with E-state index < -0.39 is 0 Å². The highest BCUT2D eigenvalue weighted by molar-refractivity contribution is 6.35. The van der Waals surface area contributed by atoms with Crippen LogP contribution in [-0.2, 0) is 9.47 Å². The van der Waals surface area contributed by atoms with E-state index in [1.54, 1.807) is 18.2 Å². The third-order valence-corrected chi connectivity index (χ3v) is 1.85. The van der Waals surface area contributed by atoms with Gasteiger partial charge in [-0.3, -0.25) is 0 Å². The van der Waals surface area contributed by atoms with Crippen LogP contribution in [0.4, 0.5) is 5.69 Å². The average Bonchev–Trinajstić information content (AvgIpc) is 2.12. The number of halogens is 2. The molecule has 0 spiro atoms. The SMILES string of the molecule is COC(=Nc1cc(Cl)cc(Cl)c1)OC. The third kappa shape index (κ3) is 3.09. The molecule has 0 unspecified atom stereocenters. The first-order valence-corrected chi connectivity index (χ1v) is 4.54. The Morgan fingerprint density at radius 1 is 1.07 bits per heavy atom. The summed E-state index contributed by atoms with van der Waals surface area (Å²) in [5, 5.41) is 1.03. The van der Waals surface area contributed by atoms with E-state index in [4.69, 9.17) is 32.7 Å². The minimum Gasteiger partial charge on any atom is -0.454 e. The Bertz CT molecular complexity index is 326. The molecule has 0 fully saturated rings. The molecule has 0 aliphatic rings. The van der Waals surface area contributed by atoms with E-state index in [0.29, 0.717) is 15.7 Å². The van der Waals surface area contributed by atoms with Gasteiger partial charge in [0.25, 0.3) is 0 Å². The summed E-state index contributed by atoms with van der Waals surface area (Å²) in [7, 11) is 2.93. The highest BCUT2D eigenvalue weighted by Crippen LogP contribution is 2.24. The van der Waals surface area contributed by atoms with Gasteiger partial charge < -0.3 is 9.47 Å². The normalized spacial score (nSPS) is 9.43. The maximum atomic E-state index is 5.78. The molecule has 0 aromatic heterocycles. The van der Waals surface area contributed by atoms with E-state index >= 15 is 0 Å². The Morgan fingerprint density at radius 3 is 2.00 bits per heavy atom. The molecular weight excluding hydrogens is 225 g/mol. The van der Waals surface area contributed by atoms with Crippen LogP contribution in [0.1, 0.15) is 0 Å². The van der Waals surface area contributed by atoms with Gasteiger partial charge in [0.2, 0.25) is 0 Å². The second-order valence-electron chi connectivity index (χ2n) is 2.41. The molecule has 0 saturated heterocycles. The van der Waals surface area contributed by atoms with Crippen LogP contribution in [0.25, 0.3) is 0 Å². The maximum absolute atomic E-state index is 5.78. The Labute approximate surface area is 92.3 Å². The van der Waals surface area contributed by atoms with Gasteiger partial charge in [0.05, 0.1) is 19.9 Å². The molecule has 0 heterocycles. The van der Waals surface area contributed by atoms with E-state index in [0.717, 1.165) is 0 Å². The van der Waals surface area contributed by atoms with Crippen LogP contribution in [0.15, 0.2) is 23.2 Å². The van der Waals surface area contributed by atoms with Crippen molar-refractivity contribution >= 4 is 35.0 Å². The lowest BCUT2D eigenvalue weighted by molar-refractivity contribution is 0.243. The van der Waals surface area contributed by atoms with Crippen LogP contribution in [0.5, 0.6) is 0 Å². The standard InChI is InChI=1S/C9H9Cl2NO2/c1-13-9(14-2)12-8-4-6(10)3-7(11)5-8/h3-5H,1-2H3. The molecule has 0 saturated carbocycles. The number of benzene rings is 1. The first kappa shape index (κ1) is 11.1. The van der Waals surface area contributed by atoms with Crippen molar-refractivity contribution in [2.75, 3.05) is 14.2 Å². The molecule has 1 rings (SSSR count). The summed E-state index contributed by atoms with van der Waals surface area (Å²) in [6.45, 7) is 0. The summed E-state index contributed by atoms with van der Waals surface area (Å²) in [4.78, 5) is 4.02. The molecule has 0 amide bonds. The van der Waals surface area contributed by atoms with Crippen LogP contribution in [0.2, 0.25) is 10.0 Å². The highest BCUT2D eigenvalue weighted by atomic mass is 35.5. The molecular formula is C9H9Cl2NO2. The highest BCUT2D eigenvalue weighted by Gasteiger charge is 2.00. The first-order chi connectivity index (χ1) is 6.65. The minimum absolute atomic E-state index is 0.156. The molecule has 0 radical (unpaired) electrons. The van der Waals surface area contributed by atoms with Crippen molar-refractivity contribution in [3.8, 4) is 0 Å². The lowest BCUT2D eigenvalue weighted by atomic mass is 10.3. The Kier molecular flexibility index (Phi) is 4.04. The predicted octanol–water partition coefficient (Wildman–Crippen LogP) is 3.27. The summed E-state index contributed by atoms with van der Waals surface area (Å²) in [5.41, 5.74) is 0.584. The summed E-state index contributed by atoms with van der Waals surface area (Å²) in [6, 6.07) is 4.94. The number of rotatable bonds is 1. The van der Waals surface area contributed by atoms with Crippen LogP contribution >= 0.6 is 23.2 Å². The number of ether oxygens (including phenoxy) is 2. The van der Waals surface area contributed by atoms with Crippen molar-refractivity contribution in [2.45, 2.75) is 0 Å². The quantitative estimate of drug-likeness (QED) is 0.551. The monoisotopic (exact) mass is 233 g/mol. The largest absolute Gasteiger partial charge is 0.454 e. The van der Waals surface area contributed by atoms with Crippen LogP contribution in [0, 0.1) is 0 Å². The zero-order chi connectivity index (χ0) is 10.6. The van der Waals surface area contributed by atoms with Crippen molar-refractivity contribution < 1.29 is 9.47 Å². The molecule has 14 heavy (non-hydrogen) atoms. The molecule has 5 heteroatoms. The predicted molar refractivity (Wildman–Crippen MR) is 57.6 cm³/mol. The average molecular weight is 234 g/mol. The molecule has 1 aromatic carbocycles. The summed E-state index contributed by atoms with van der Waals surface area (Å²) in [5.74, 6) is 0. The molecule has 0 N–H and O–H groups in total. The van der Waals surface area contributed by atoms with E-state index in [2.05, 4.69) is 4.99 Å². The van der Waals surface area contributed by atoms with E-state index in [1.807, 2.05) is 0 Å². The fourth-order valence-corrected chi connectivity index (χ4v) is 1.40. The van der Waals surface area contributed by atoms with E-state index in [1.165, 1.54) is 14.2 Å². The van der Waals surface area contributed by atoms with Gasteiger partial charge in [0.15, 0.2) is 0 Å². The minimum atomic E-state index is 0.156. The van der Waals surface area contributed by atoms with Crippen molar-refractivity contribution in [3.05, 3.63) is 28.2 Å². The van der Waals surface area contributed by atoms with E-state index in [-0.39, 0.29) is 6.08 Å². The van der Waals surface area contributed by atoms with Gasteiger partial charge in [0.1, 0.15) is 0 Å². The molecule has 1 aromatic rings. The number of hydrogen-bond acceptors (Lipinski definition) is 3. The van der Waals surface area contributed by atoms with Gasteiger partial charge in [-0.2, -0.15) is 4.99 Å². The van der Waals surface area contributed by atoms with Gasteiger partial charge in [0, 0.05) is 10.0 Å². The van der Waals surface area contributed by atoms with Gasteiger partial charge >= 0.3 is 6.08 Å². The number of aliphatic imine (C=N–C) groups is 1. The summed E-state index contributed by atoms with van der Waals surface area (Å²) in [6.07, 6.45) is 0.156. The zero-order valence-corrected chi connectivity index (χ0v) is 9.26. The molecule has 76 valence electrons. The fourth-order valence-electron chi connectivity index (χ4n) is 0.884. The Hall–Kier alpha value is -0.930. The smallest absolute Gasteiger partial charge is 0.388 e. The Balaban J connectivity index is 3.01. The second kappa shape index (κ2) is 5.08. The van der Waals surface area contributed by atoms with Gasteiger partial charge in [-0.05, 0) is 18.2 Å². The van der Waals surface area contributed by atoms with Crippen molar-refractivity contribution in [2.24, 2.45) is 4.99 Å². The lowest BCUT2D eigenvalue weighted by Gasteiger charge is -2.02. The van der Waals surface area contributed by atoms with Gasteiger partial charge in [-0.25, -0.2) is 0 Å². The van der Waals surface area contributed by atoms with Gasteiger partial charge in [-0.1, -0.05) is 23.2 Å². The lowest BCUT2D eigenvalue weighted by Crippen LogP contribution is -2.02. The maximum Gasteiger partial charge on any atom is 0.388 e. The summed E-state index contributed by atoms with van der Waals surface area (Å²) < 4.78 is 9.65. The number of methoxy groups -OCH3 is 2. The molecule has 3 nitrogen and oxygen atoms in total. The second-order valence-corrected chi connectivity index (χ2v) is 3.29. The topological polar surface area (TPSA) is 30.8 Å². The Morgan fingerprint density at radius 2 is 1.57 bits per heavy atom. The van der Waals surface area contributed by atoms with E-state index in [9.17, 15) is 0 Å². The van der Waals surface area contributed by atoms with Crippen molar-refractivity contribution in [1.29, 1.82) is 0 Å². The molecule has 0 bridgehead atoms. The molecule has 0 aliphatic carbocycles. The van der Waals surface area contributed by atoms with Gasteiger partial charge in [-0.15, -0.1) is 0 Å². The number of hydrogen-bond donors (Lipinski definition) is 0.